The maximum Gasteiger partial charge on any atom is 0.264 e. The van der Waals surface area contributed by atoms with Crippen LogP contribution >= 0.6 is 11.3 Å². The van der Waals surface area contributed by atoms with Gasteiger partial charge in [0.2, 0.25) is 0 Å². The summed E-state index contributed by atoms with van der Waals surface area (Å²) in [5, 5.41) is 1.33. The SMILES string of the molecule is Cc1cc2c3c(c1)N(c1ccc(C(C)(C)C)cc1)c1c(sc4ccc(C(C)(C)C)cc14)B3c1cc3c(cc1N2c1ccc(C(C)(C)C)cc1)-c1ccccc1C31c2ccccc2-c2ccccc21. The van der Waals surface area contributed by atoms with E-state index in [1.54, 1.807) is 0 Å². The zero-order chi connectivity index (χ0) is 46.8. The normalized spacial score (nSPS) is 14.9. The Morgan fingerprint density at radius 2 is 0.912 bits per heavy atom. The van der Waals surface area contributed by atoms with Gasteiger partial charge in [-0.3, -0.25) is 0 Å². The lowest BCUT2D eigenvalue weighted by Crippen LogP contribution is -2.60. The predicted octanol–water partition coefficient (Wildman–Crippen LogP) is 15.5. The zero-order valence-electron chi connectivity index (χ0n) is 41.0. The summed E-state index contributed by atoms with van der Waals surface area (Å²) in [5.41, 5.74) is 25.9. The van der Waals surface area contributed by atoms with Gasteiger partial charge >= 0.3 is 0 Å². The van der Waals surface area contributed by atoms with Gasteiger partial charge in [0, 0.05) is 43.3 Å². The number of fused-ring (bicyclic) bond motifs is 16. The zero-order valence-corrected chi connectivity index (χ0v) is 41.8. The van der Waals surface area contributed by atoms with E-state index in [9.17, 15) is 0 Å². The van der Waals surface area contributed by atoms with E-state index >= 15 is 0 Å². The van der Waals surface area contributed by atoms with Crippen molar-refractivity contribution in [2.75, 3.05) is 9.80 Å². The first-order chi connectivity index (χ1) is 32.5. The third-order valence-electron chi connectivity index (χ3n) is 15.8. The standard InChI is InChI=1S/C64H57BN2S/c1-38-33-55-58-56(34-38)67(43-30-25-40(26-31-43)62(5,6)7)59-48-35-41(63(8,9)10)27-32-57(48)68-60(59)65(58)53-37-52-47(36-54(53)66(55)42-28-23-39(24-29-42)61(2,3)4)46-19-13-16-22-51(46)64(52)49-20-14-11-17-44(49)45-18-12-15-21-50(45)64/h11-37H,1-10H3. The number of aryl methyl sites for hydroxylation is 1. The van der Waals surface area contributed by atoms with E-state index in [2.05, 4.69) is 243 Å². The summed E-state index contributed by atoms with van der Waals surface area (Å²) in [5.74, 6) is 0. The molecule has 1 aromatic heterocycles. The summed E-state index contributed by atoms with van der Waals surface area (Å²) in [6, 6.07) is 64.1. The molecule has 0 amide bonds. The molecule has 0 radical (unpaired) electrons. The molecule has 1 spiro atoms. The van der Waals surface area contributed by atoms with Crippen LogP contribution in [0.4, 0.5) is 34.1 Å². The average Bonchev–Trinajstić information content (AvgIpc) is 3.94. The van der Waals surface area contributed by atoms with Gasteiger partial charge in [0.1, 0.15) is 0 Å². The second-order valence-electron chi connectivity index (χ2n) is 23.0. The predicted molar refractivity (Wildman–Crippen MR) is 293 cm³/mol. The molecular formula is C64H57BN2S. The lowest BCUT2D eigenvalue weighted by molar-refractivity contribution is 0.590. The highest BCUT2D eigenvalue weighted by molar-refractivity contribution is 7.33. The van der Waals surface area contributed by atoms with E-state index in [4.69, 9.17) is 0 Å². The number of thiophene rings is 1. The van der Waals surface area contributed by atoms with Gasteiger partial charge in [0.05, 0.1) is 11.1 Å². The van der Waals surface area contributed by atoms with Gasteiger partial charge in [-0.15, -0.1) is 11.3 Å². The molecule has 2 aliphatic heterocycles. The Hall–Kier alpha value is -6.62. The van der Waals surface area contributed by atoms with Gasteiger partial charge in [0.15, 0.2) is 0 Å². The number of benzene rings is 8. The molecule has 0 bridgehead atoms. The van der Waals surface area contributed by atoms with Crippen molar-refractivity contribution < 1.29 is 0 Å². The number of anilines is 6. The fourth-order valence-corrected chi connectivity index (χ4v) is 13.7. The number of hydrogen-bond acceptors (Lipinski definition) is 3. The van der Waals surface area contributed by atoms with Gasteiger partial charge in [-0.05, 0) is 155 Å². The quantitative estimate of drug-likeness (QED) is 0.160. The second-order valence-corrected chi connectivity index (χ2v) is 24.1. The topological polar surface area (TPSA) is 6.48 Å². The van der Waals surface area contributed by atoms with Crippen LogP contribution in [0.15, 0.2) is 164 Å². The van der Waals surface area contributed by atoms with Crippen LogP contribution in [0.3, 0.4) is 0 Å². The van der Waals surface area contributed by atoms with E-state index < -0.39 is 5.41 Å². The monoisotopic (exact) mass is 896 g/mol. The summed E-state index contributed by atoms with van der Waals surface area (Å²) >= 11 is 1.99. The van der Waals surface area contributed by atoms with Crippen LogP contribution in [0, 0.1) is 6.92 Å². The summed E-state index contributed by atoms with van der Waals surface area (Å²) in [6.45, 7) is 23.2. The van der Waals surface area contributed by atoms with Crippen molar-refractivity contribution in [3.05, 3.63) is 208 Å². The third kappa shape index (κ3) is 5.64. The van der Waals surface area contributed by atoms with Crippen LogP contribution in [-0.4, -0.2) is 6.71 Å². The first-order valence-corrected chi connectivity index (χ1v) is 25.4. The van der Waals surface area contributed by atoms with Gasteiger partial charge in [-0.2, -0.15) is 0 Å². The van der Waals surface area contributed by atoms with Crippen molar-refractivity contribution in [1.29, 1.82) is 0 Å². The van der Waals surface area contributed by atoms with Crippen LogP contribution in [0.5, 0.6) is 0 Å². The van der Waals surface area contributed by atoms with Crippen molar-refractivity contribution in [1.82, 2.24) is 0 Å². The molecule has 13 rings (SSSR count). The molecule has 2 nitrogen and oxygen atoms in total. The van der Waals surface area contributed by atoms with Crippen LogP contribution < -0.4 is 25.5 Å². The average molecular weight is 897 g/mol. The van der Waals surface area contributed by atoms with Crippen LogP contribution in [0.2, 0.25) is 0 Å². The molecule has 2 aliphatic carbocycles. The molecule has 9 aromatic rings. The third-order valence-corrected chi connectivity index (χ3v) is 17.0. The highest BCUT2D eigenvalue weighted by atomic mass is 32.1. The van der Waals surface area contributed by atoms with Crippen LogP contribution in [0.1, 0.15) is 107 Å². The Bertz CT molecular complexity index is 3540. The minimum absolute atomic E-state index is 0.00322. The molecule has 0 saturated heterocycles. The first kappa shape index (κ1) is 41.6. The Kier molecular flexibility index (Phi) is 8.55. The highest BCUT2D eigenvalue weighted by Gasteiger charge is 2.54. The molecule has 3 heterocycles. The Labute approximate surface area is 407 Å². The van der Waals surface area contributed by atoms with Crippen molar-refractivity contribution in [2.24, 2.45) is 0 Å². The van der Waals surface area contributed by atoms with Gasteiger partial charge < -0.3 is 9.80 Å². The van der Waals surface area contributed by atoms with Crippen LogP contribution in [0.25, 0.3) is 32.3 Å². The minimum atomic E-state index is -0.455. The van der Waals surface area contributed by atoms with Crippen molar-refractivity contribution in [3.63, 3.8) is 0 Å². The van der Waals surface area contributed by atoms with Gasteiger partial charge in [0.25, 0.3) is 6.71 Å². The van der Waals surface area contributed by atoms with Gasteiger partial charge in [-0.25, -0.2) is 0 Å². The molecular weight excluding hydrogens is 840 g/mol. The lowest BCUT2D eigenvalue weighted by atomic mass is 9.36. The molecule has 4 heteroatoms. The molecule has 332 valence electrons. The Morgan fingerprint density at radius 1 is 0.441 bits per heavy atom. The van der Waals surface area contributed by atoms with E-state index in [0.29, 0.717) is 0 Å². The summed E-state index contributed by atoms with van der Waals surface area (Å²) < 4.78 is 2.74. The smallest absolute Gasteiger partial charge is 0.264 e. The molecule has 4 aliphatic rings. The molecule has 0 atom stereocenters. The molecule has 0 unspecified atom stereocenters. The van der Waals surface area contributed by atoms with E-state index in [1.165, 1.54) is 127 Å². The Balaban J connectivity index is 1.17. The summed E-state index contributed by atoms with van der Waals surface area (Å²) in [6.07, 6.45) is 0. The van der Waals surface area contributed by atoms with Crippen molar-refractivity contribution in [3.8, 4) is 22.3 Å². The molecule has 0 saturated carbocycles. The lowest BCUT2D eigenvalue weighted by Gasteiger charge is -2.44. The highest BCUT2D eigenvalue weighted by Crippen LogP contribution is 2.63. The van der Waals surface area contributed by atoms with Gasteiger partial charge in [-0.1, -0.05) is 172 Å². The number of nitrogens with zero attached hydrogens (tertiary/aromatic N) is 2. The summed E-state index contributed by atoms with van der Waals surface area (Å²) in [7, 11) is 0. The summed E-state index contributed by atoms with van der Waals surface area (Å²) in [4.78, 5) is 5.25. The molecule has 8 aromatic carbocycles. The molecule has 0 N–H and O–H groups in total. The first-order valence-electron chi connectivity index (χ1n) is 24.5. The number of hydrogen-bond donors (Lipinski definition) is 0. The maximum atomic E-state index is 2.68. The molecule has 0 fully saturated rings. The Morgan fingerprint density at radius 3 is 1.44 bits per heavy atom. The van der Waals surface area contributed by atoms with Crippen LogP contribution in [-0.2, 0) is 21.7 Å². The van der Waals surface area contributed by atoms with E-state index in [0.717, 1.165) is 0 Å². The van der Waals surface area contributed by atoms with E-state index in [1.807, 2.05) is 11.3 Å². The second kappa shape index (κ2) is 14.0. The fourth-order valence-electron chi connectivity index (χ4n) is 12.4. The van der Waals surface area contributed by atoms with Crippen molar-refractivity contribution in [2.45, 2.75) is 90.9 Å². The fraction of sp³-hybridized carbons (Fsp3) is 0.219. The van der Waals surface area contributed by atoms with E-state index in [-0.39, 0.29) is 23.0 Å². The largest absolute Gasteiger partial charge is 0.311 e. The van der Waals surface area contributed by atoms with Crippen molar-refractivity contribution >= 4 is 78.0 Å². The minimum Gasteiger partial charge on any atom is -0.311 e. The number of rotatable bonds is 2. The maximum absolute atomic E-state index is 2.68. The molecule has 68 heavy (non-hydrogen) atoms.